The molecule has 2 atom stereocenters. The molecule has 0 spiro atoms. The normalized spacial score (nSPS) is 18.1. The molecule has 152 valence electrons. The predicted molar refractivity (Wildman–Crippen MR) is 94.7 cm³/mol. The van der Waals surface area contributed by atoms with E-state index in [0.29, 0.717) is 32.0 Å². The monoisotopic (exact) mass is 386 g/mol. The summed E-state index contributed by atoms with van der Waals surface area (Å²) in [6, 6.07) is 0. The van der Waals surface area contributed by atoms with E-state index in [0.717, 1.165) is 12.2 Å². The highest BCUT2D eigenvalue weighted by Gasteiger charge is 2.24. The van der Waals surface area contributed by atoms with Gasteiger partial charge in [-0.3, -0.25) is 0 Å². The second-order valence-electron chi connectivity index (χ2n) is 5.22. The van der Waals surface area contributed by atoms with E-state index in [1.54, 1.807) is 6.92 Å². The van der Waals surface area contributed by atoms with Crippen molar-refractivity contribution in [2.75, 3.05) is 39.6 Å². The maximum Gasteiger partial charge on any atom is 0.333 e. The van der Waals surface area contributed by atoms with Gasteiger partial charge in [0.05, 0.1) is 19.8 Å². The molecule has 0 bridgehead atoms. The van der Waals surface area contributed by atoms with Gasteiger partial charge in [-0.25, -0.2) is 14.4 Å². The zero-order chi connectivity index (χ0) is 20.7. The largest absolute Gasteiger partial charge is 0.460 e. The van der Waals surface area contributed by atoms with E-state index in [9.17, 15) is 14.4 Å². The minimum Gasteiger partial charge on any atom is -0.460 e. The Balaban J connectivity index is 0.000000379. The van der Waals surface area contributed by atoms with E-state index in [4.69, 9.17) is 19.3 Å². The zero-order valence-electron chi connectivity index (χ0n) is 15.4. The molecule has 0 aliphatic carbocycles. The summed E-state index contributed by atoms with van der Waals surface area (Å²) in [5.74, 6) is -1.22. The van der Waals surface area contributed by atoms with Crippen molar-refractivity contribution in [3.63, 3.8) is 0 Å². The summed E-state index contributed by atoms with van der Waals surface area (Å²) < 4.78 is 23.4. The smallest absolute Gasteiger partial charge is 0.333 e. The van der Waals surface area contributed by atoms with Crippen molar-refractivity contribution in [1.29, 1.82) is 0 Å². The van der Waals surface area contributed by atoms with Gasteiger partial charge in [0.15, 0.2) is 0 Å². The van der Waals surface area contributed by atoms with Crippen LogP contribution in [0.25, 0.3) is 0 Å². The molecule has 27 heavy (non-hydrogen) atoms. The van der Waals surface area contributed by atoms with Crippen LogP contribution in [0.2, 0.25) is 0 Å². The van der Waals surface area contributed by atoms with E-state index in [2.05, 4.69) is 29.2 Å². The topological polar surface area (TPSA) is 124 Å². The van der Waals surface area contributed by atoms with Crippen molar-refractivity contribution in [3.05, 3.63) is 37.5 Å². The second-order valence-corrected chi connectivity index (χ2v) is 5.22. The van der Waals surface area contributed by atoms with E-state index >= 15 is 0 Å². The molecule has 0 saturated carbocycles. The molecule has 9 nitrogen and oxygen atoms in total. The number of epoxide rings is 2. The fourth-order valence-corrected chi connectivity index (χ4v) is 1.06. The maximum absolute atomic E-state index is 10.7. The SMILES string of the molecule is C=C(C)C(=O)OCC1CO1.C=CC(=O)OCC1CO1.C=CC(=O)OCCO. The summed E-state index contributed by atoms with van der Waals surface area (Å²) in [5.41, 5.74) is 0.431. The number of hydrogen-bond donors (Lipinski definition) is 1. The van der Waals surface area contributed by atoms with E-state index in [1.807, 2.05) is 0 Å². The third-order valence-electron chi connectivity index (χ3n) is 2.63. The van der Waals surface area contributed by atoms with Crippen molar-refractivity contribution in [2.24, 2.45) is 0 Å². The van der Waals surface area contributed by atoms with Crippen LogP contribution in [-0.4, -0.2) is 74.9 Å². The van der Waals surface area contributed by atoms with Gasteiger partial charge < -0.3 is 28.8 Å². The van der Waals surface area contributed by atoms with E-state index in [1.165, 1.54) is 0 Å². The predicted octanol–water partition coefficient (Wildman–Crippen LogP) is 0.327. The van der Waals surface area contributed by atoms with Crippen LogP contribution in [0.4, 0.5) is 0 Å². The van der Waals surface area contributed by atoms with Gasteiger partial charge >= 0.3 is 17.9 Å². The standard InChI is InChI=1S/C7H10O3.C6H8O3.C5H8O3/c1-5(2)7(8)10-4-6-3-9-6;1-2-6(7)9-4-5-3-8-5;1-2-5(7)8-4-3-6/h6H,1,3-4H2,2H3;2,5H,1,3-4H2;2,6H,1,3-4H2. The Kier molecular flexibility index (Phi) is 13.3. The van der Waals surface area contributed by atoms with Crippen LogP contribution in [0.1, 0.15) is 6.92 Å². The highest BCUT2D eigenvalue weighted by atomic mass is 16.6. The molecule has 2 rings (SSSR count). The Bertz CT molecular complexity index is 519. The van der Waals surface area contributed by atoms with Crippen LogP contribution < -0.4 is 0 Å². The van der Waals surface area contributed by atoms with Crippen molar-refractivity contribution >= 4 is 17.9 Å². The Morgan fingerprint density at radius 2 is 1.44 bits per heavy atom. The van der Waals surface area contributed by atoms with Crippen LogP contribution in [-0.2, 0) is 38.1 Å². The first-order valence-corrected chi connectivity index (χ1v) is 8.09. The average molecular weight is 386 g/mol. The third-order valence-corrected chi connectivity index (χ3v) is 2.63. The molecule has 2 saturated heterocycles. The molecule has 0 aromatic carbocycles. The first-order valence-electron chi connectivity index (χ1n) is 8.09. The lowest BCUT2D eigenvalue weighted by molar-refractivity contribution is -0.140. The fraction of sp³-hybridized carbons (Fsp3) is 0.500. The van der Waals surface area contributed by atoms with Crippen molar-refractivity contribution < 1.29 is 43.2 Å². The Morgan fingerprint density at radius 3 is 1.81 bits per heavy atom. The number of esters is 3. The van der Waals surface area contributed by atoms with Crippen LogP contribution in [0, 0.1) is 0 Å². The number of hydrogen-bond acceptors (Lipinski definition) is 9. The number of aliphatic hydroxyl groups is 1. The molecule has 1 N–H and O–H groups in total. The summed E-state index contributed by atoms with van der Waals surface area (Å²) in [6.45, 7) is 13.5. The molecule has 0 amide bonds. The average Bonchev–Trinajstić information content (AvgIpc) is 3.57. The first kappa shape index (κ1) is 24.5. The van der Waals surface area contributed by atoms with Gasteiger partial charge in [0.2, 0.25) is 0 Å². The molecule has 2 fully saturated rings. The highest BCUT2D eigenvalue weighted by Crippen LogP contribution is 2.09. The summed E-state index contributed by atoms with van der Waals surface area (Å²) in [6.07, 6.45) is 2.48. The molecular weight excluding hydrogens is 360 g/mol. The van der Waals surface area contributed by atoms with Gasteiger partial charge in [-0.1, -0.05) is 19.7 Å². The number of carbonyl (C=O) groups excluding carboxylic acids is 3. The van der Waals surface area contributed by atoms with Gasteiger partial charge in [-0.05, 0) is 6.92 Å². The Labute approximate surface area is 158 Å². The van der Waals surface area contributed by atoms with Gasteiger partial charge in [0.25, 0.3) is 0 Å². The summed E-state index contributed by atoms with van der Waals surface area (Å²) >= 11 is 0. The minimum absolute atomic E-state index is 0.0465. The number of carbonyl (C=O) groups is 3. The van der Waals surface area contributed by atoms with Crippen molar-refractivity contribution in [2.45, 2.75) is 19.1 Å². The van der Waals surface area contributed by atoms with Crippen molar-refractivity contribution in [1.82, 2.24) is 0 Å². The third kappa shape index (κ3) is 16.7. The molecular formula is C18H26O9. The Hall–Kier alpha value is -2.49. The lowest BCUT2D eigenvalue weighted by atomic mass is 10.4. The van der Waals surface area contributed by atoms with Crippen LogP contribution in [0.15, 0.2) is 37.5 Å². The zero-order valence-corrected chi connectivity index (χ0v) is 15.4. The summed E-state index contributed by atoms with van der Waals surface area (Å²) in [5, 5.41) is 8.10. The van der Waals surface area contributed by atoms with Gasteiger partial charge in [-0.2, -0.15) is 0 Å². The van der Waals surface area contributed by atoms with Gasteiger partial charge in [0.1, 0.15) is 32.0 Å². The fourth-order valence-electron chi connectivity index (χ4n) is 1.06. The number of ether oxygens (including phenoxy) is 5. The van der Waals surface area contributed by atoms with Gasteiger partial charge in [-0.15, -0.1) is 0 Å². The van der Waals surface area contributed by atoms with E-state index < -0.39 is 5.97 Å². The molecule has 2 unspecified atom stereocenters. The van der Waals surface area contributed by atoms with Gasteiger partial charge in [0, 0.05) is 17.7 Å². The van der Waals surface area contributed by atoms with Crippen LogP contribution in [0.3, 0.4) is 0 Å². The molecule has 0 aromatic heterocycles. The first-order chi connectivity index (χ1) is 12.8. The molecule has 0 aromatic rings. The molecule has 9 heteroatoms. The molecule has 2 aliphatic rings. The molecule has 2 aliphatic heterocycles. The van der Waals surface area contributed by atoms with Crippen molar-refractivity contribution in [3.8, 4) is 0 Å². The lowest BCUT2D eigenvalue weighted by Crippen LogP contribution is -2.09. The minimum atomic E-state index is -0.501. The summed E-state index contributed by atoms with van der Waals surface area (Å²) in [7, 11) is 0. The van der Waals surface area contributed by atoms with E-state index in [-0.39, 0.29) is 37.4 Å². The summed E-state index contributed by atoms with van der Waals surface area (Å²) in [4.78, 5) is 31.2. The second kappa shape index (κ2) is 14.7. The Morgan fingerprint density at radius 1 is 1.00 bits per heavy atom. The lowest BCUT2D eigenvalue weighted by Gasteiger charge is -1.99. The molecule has 2 heterocycles. The van der Waals surface area contributed by atoms with Crippen LogP contribution >= 0.6 is 0 Å². The van der Waals surface area contributed by atoms with Crippen LogP contribution in [0.5, 0.6) is 0 Å². The maximum atomic E-state index is 10.7. The number of aliphatic hydroxyl groups excluding tert-OH is 1. The quantitative estimate of drug-likeness (QED) is 0.258. The highest BCUT2D eigenvalue weighted by molar-refractivity contribution is 5.86. The molecule has 0 radical (unpaired) electrons. The number of rotatable bonds is 9.